The van der Waals surface area contributed by atoms with Gasteiger partial charge in [0, 0.05) is 13.1 Å². The minimum Gasteiger partial charge on any atom is -0.444 e. The zero-order chi connectivity index (χ0) is 19.5. The van der Waals surface area contributed by atoms with Gasteiger partial charge >= 0.3 is 12.3 Å². The summed E-state index contributed by atoms with van der Waals surface area (Å²) in [6.07, 6.45) is 0.0880. The zero-order valence-corrected chi connectivity index (χ0v) is 15.6. The van der Waals surface area contributed by atoms with E-state index in [2.05, 4.69) is 6.92 Å². The summed E-state index contributed by atoms with van der Waals surface area (Å²) in [5, 5.41) is 0. The highest BCUT2D eigenvalue weighted by Crippen LogP contribution is 2.31. The molecule has 26 heavy (non-hydrogen) atoms. The van der Waals surface area contributed by atoms with Crippen LogP contribution in [0.2, 0.25) is 0 Å². The molecule has 0 bridgehead atoms. The predicted molar refractivity (Wildman–Crippen MR) is 95.6 cm³/mol. The van der Waals surface area contributed by atoms with Crippen molar-refractivity contribution in [2.75, 3.05) is 13.1 Å². The van der Waals surface area contributed by atoms with Crippen LogP contribution in [-0.4, -0.2) is 29.7 Å². The van der Waals surface area contributed by atoms with Crippen LogP contribution in [0.1, 0.15) is 45.2 Å². The summed E-state index contributed by atoms with van der Waals surface area (Å²) in [7, 11) is 0. The molecule has 0 N–H and O–H groups in total. The molecular formula is C20H26F3NO2. The summed E-state index contributed by atoms with van der Waals surface area (Å²) in [4.78, 5) is 14.0. The molecule has 1 aliphatic rings. The van der Waals surface area contributed by atoms with Gasteiger partial charge in [-0.3, -0.25) is 0 Å². The van der Waals surface area contributed by atoms with Crippen molar-refractivity contribution < 1.29 is 22.7 Å². The lowest BCUT2D eigenvalue weighted by Crippen LogP contribution is -2.35. The standard InChI is InChI=1S/C20H26F3NO2/c1-5-15-12-24(18(25)26-19(2,3)4)13-16(15)9-6-14-7-10-17(11-8-14)20(21,22)23/h6-11,15-16H,5,12-13H2,1-4H3. The molecule has 1 aromatic rings. The Bertz CT molecular complexity index is 645. The van der Waals surface area contributed by atoms with Gasteiger partial charge < -0.3 is 9.64 Å². The molecule has 0 radical (unpaired) electrons. The van der Waals surface area contributed by atoms with Crippen molar-refractivity contribution in [2.45, 2.75) is 45.9 Å². The van der Waals surface area contributed by atoms with Gasteiger partial charge in [0.1, 0.15) is 5.60 Å². The lowest BCUT2D eigenvalue weighted by molar-refractivity contribution is -0.137. The number of hydrogen-bond donors (Lipinski definition) is 0. The Morgan fingerprint density at radius 1 is 1.19 bits per heavy atom. The molecule has 0 saturated carbocycles. The number of benzene rings is 1. The molecule has 1 saturated heterocycles. The van der Waals surface area contributed by atoms with E-state index in [0.717, 1.165) is 18.6 Å². The fraction of sp³-hybridized carbons (Fsp3) is 0.550. The van der Waals surface area contributed by atoms with Crippen molar-refractivity contribution in [2.24, 2.45) is 11.8 Å². The molecule has 1 aromatic carbocycles. The third-order valence-corrected chi connectivity index (χ3v) is 4.44. The molecule has 144 valence electrons. The Labute approximate surface area is 152 Å². The van der Waals surface area contributed by atoms with Crippen LogP contribution in [0, 0.1) is 11.8 Å². The lowest BCUT2D eigenvalue weighted by Gasteiger charge is -2.24. The number of alkyl halides is 3. The quantitative estimate of drug-likeness (QED) is 0.693. The number of hydrogen-bond acceptors (Lipinski definition) is 2. The zero-order valence-electron chi connectivity index (χ0n) is 15.6. The highest BCUT2D eigenvalue weighted by Gasteiger charge is 2.35. The first-order valence-electron chi connectivity index (χ1n) is 8.83. The molecule has 1 heterocycles. The van der Waals surface area contributed by atoms with E-state index in [1.807, 2.05) is 32.9 Å². The molecular weight excluding hydrogens is 343 g/mol. The van der Waals surface area contributed by atoms with Crippen molar-refractivity contribution in [3.8, 4) is 0 Å². The van der Waals surface area contributed by atoms with Crippen LogP contribution in [0.5, 0.6) is 0 Å². The van der Waals surface area contributed by atoms with Crippen molar-refractivity contribution in [3.05, 3.63) is 41.5 Å². The number of nitrogens with zero attached hydrogens (tertiary/aromatic N) is 1. The molecule has 2 atom stereocenters. The number of halogens is 3. The average molecular weight is 369 g/mol. The normalized spacial score (nSPS) is 21.4. The number of carbonyl (C=O) groups is 1. The summed E-state index contributed by atoms with van der Waals surface area (Å²) in [5.74, 6) is 0.475. The van der Waals surface area contributed by atoms with Crippen molar-refractivity contribution in [1.82, 2.24) is 4.90 Å². The highest BCUT2D eigenvalue weighted by atomic mass is 19.4. The van der Waals surface area contributed by atoms with Gasteiger partial charge in [0.2, 0.25) is 0 Å². The average Bonchev–Trinajstić information content (AvgIpc) is 2.94. The molecule has 1 fully saturated rings. The van der Waals surface area contributed by atoms with E-state index in [1.54, 1.807) is 4.90 Å². The summed E-state index contributed by atoms with van der Waals surface area (Å²) >= 11 is 0. The van der Waals surface area contributed by atoms with Gasteiger partial charge in [0.25, 0.3) is 0 Å². The number of ether oxygens (including phenoxy) is 1. The van der Waals surface area contributed by atoms with E-state index in [-0.39, 0.29) is 12.0 Å². The number of rotatable bonds is 3. The highest BCUT2D eigenvalue weighted by molar-refractivity contribution is 5.68. The fourth-order valence-corrected chi connectivity index (χ4v) is 3.04. The van der Waals surface area contributed by atoms with Crippen LogP contribution in [-0.2, 0) is 10.9 Å². The largest absolute Gasteiger partial charge is 0.444 e. The second kappa shape index (κ2) is 7.72. The van der Waals surface area contributed by atoms with E-state index in [9.17, 15) is 18.0 Å². The van der Waals surface area contributed by atoms with Crippen molar-refractivity contribution >= 4 is 12.2 Å². The molecule has 6 heteroatoms. The van der Waals surface area contributed by atoms with Gasteiger partial charge in [-0.25, -0.2) is 4.79 Å². The van der Waals surface area contributed by atoms with Crippen LogP contribution in [0.25, 0.3) is 6.08 Å². The van der Waals surface area contributed by atoms with Crippen LogP contribution >= 0.6 is 0 Å². The SMILES string of the molecule is CCC1CN(C(=O)OC(C)(C)C)CC1C=Cc1ccc(C(F)(F)F)cc1. The van der Waals surface area contributed by atoms with Crippen LogP contribution in [0.4, 0.5) is 18.0 Å². The number of carbonyl (C=O) groups excluding carboxylic acids is 1. The monoisotopic (exact) mass is 369 g/mol. The molecule has 0 spiro atoms. The van der Waals surface area contributed by atoms with E-state index >= 15 is 0 Å². The van der Waals surface area contributed by atoms with Gasteiger partial charge in [-0.2, -0.15) is 13.2 Å². The molecule has 2 rings (SSSR count). The maximum absolute atomic E-state index is 12.6. The molecule has 2 unspecified atom stereocenters. The first-order valence-corrected chi connectivity index (χ1v) is 8.83. The van der Waals surface area contributed by atoms with Crippen molar-refractivity contribution in [3.63, 3.8) is 0 Å². The van der Waals surface area contributed by atoms with Gasteiger partial charge in [-0.1, -0.05) is 37.6 Å². The smallest absolute Gasteiger partial charge is 0.416 e. The third-order valence-electron chi connectivity index (χ3n) is 4.44. The number of likely N-dealkylation sites (tertiary alicyclic amines) is 1. The van der Waals surface area contributed by atoms with E-state index in [0.29, 0.717) is 24.6 Å². The predicted octanol–water partition coefficient (Wildman–Crippen LogP) is 5.61. The van der Waals surface area contributed by atoms with E-state index < -0.39 is 17.3 Å². The Morgan fingerprint density at radius 2 is 1.81 bits per heavy atom. The van der Waals surface area contributed by atoms with Crippen molar-refractivity contribution in [1.29, 1.82) is 0 Å². The third kappa shape index (κ3) is 5.51. The Hall–Kier alpha value is -1.98. The minimum absolute atomic E-state index is 0.162. The lowest BCUT2D eigenvalue weighted by atomic mass is 9.93. The van der Waals surface area contributed by atoms with Crippen LogP contribution in [0.3, 0.4) is 0 Å². The Morgan fingerprint density at radius 3 is 2.31 bits per heavy atom. The first kappa shape index (κ1) is 20.3. The molecule has 0 aromatic heterocycles. The van der Waals surface area contributed by atoms with Crippen LogP contribution < -0.4 is 0 Å². The van der Waals surface area contributed by atoms with Gasteiger partial charge in [0.05, 0.1) is 5.56 Å². The minimum atomic E-state index is -4.32. The van der Waals surface area contributed by atoms with E-state index in [1.165, 1.54) is 12.1 Å². The molecule has 1 aliphatic heterocycles. The fourth-order valence-electron chi connectivity index (χ4n) is 3.04. The second-order valence-corrected chi connectivity index (χ2v) is 7.70. The van der Waals surface area contributed by atoms with Gasteiger partial charge in [-0.05, 0) is 50.3 Å². The molecule has 0 aliphatic carbocycles. The molecule has 3 nitrogen and oxygen atoms in total. The Kier molecular flexibility index (Phi) is 6.04. The Balaban J connectivity index is 2.03. The van der Waals surface area contributed by atoms with Crippen LogP contribution in [0.15, 0.2) is 30.3 Å². The summed E-state index contributed by atoms with van der Waals surface area (Å²) in [6, 6.07) is 5.08. The topological polar surface area (TPSA) is 29.5 Å². The van der Waals surface area contributed by atoms with Gasteiger partial charge in [-0.15, -0.1) is 0 Å². The van der Waals surface area contributed by atoms with Gasteiger partial charge in [0.15, 0.2) is 0 Å². The second-order valence-electron chi connectivity index (χ2n) is 7.70. The summed E-state index contributed by atoms with van der Waals surface area (Å²) in [6.45, 7) is 8.76. The number of amides is 1. The maximum atomic E-state index is 12.6. The maximum Gasteiger partial charge on any atom is 0.416 e. The summed E-state index contributed by atoms with van der Waals surface area (Å²) in [5.41, 5.74) is -0.478. The molecule has 1 amide bonds. The summed E-state index contributed by atoms with van der Waals surface area (Å²) < 4.78 is 43.3. The first-order chi connectivity index (χ1) is 12.0. The van der Waals surface area contributed by atoms with E-state index in [4.69, 9.17) is 4.74 Å².